The highest BCUT2D eigenvalue weighted by Crippen LogP contribution is 2.33. The Bertz CT molecular complexity index is 1330. The second-order valence-corrected chi connectivity index (χ2v) is 9.65. The van der Waals surface area contributed by atoms with Gasteiger partial charge in [-0.1, -0.05) is 23.2 Å². The van der Waals surface area contributed by atoms with Crippen LogP contribution in [0.25, 0.3) is 10.9 Å². The highest BCUT2D eigenvalue weighted by molar-refractivity contribution is 6.37. The molecular formula is C25H24Cl2F3N3O4. The summed E-state index contributed by atoms with van der Waals surface area (Å²) in [6.07, 6.45) is -1.59. The van der Waals surface area contributed by atoms with Crippen molar-refractivity contribution in [1.82, 2.24) is 14.5 Å². The number of carbonyl (C=O) groups excluding carboxylic acids is 2. The van der Waals surface area contributed by atoms with Gasteiger partial charge in [-0.3, -0.25) is 9.59 Å². The third-order valence-corrected chi connectivity index (χ3v) is 7.34. The molecule has 0 atom stereocenters. The number of amides is 1. The maximum absolute atomic E-state index is 13.2. The van der Waals surface area contributed by atoms with Gasteiger partial charge in [0.1, 0.15) is 10.9 Å². The molecule has 0 radical (unpaired) electrons. The number of piperidine rings is 1. The van der Waals surface area contributed by atoms with Crippen LogP contribution in [0.1, 0.15) is 40.9 Å². The van der Waals surface area contributed by atoms with Gasteiger partial charge < -0.3 is 18.9 Å². The van der Waals surface area contributed by atoms with Gasteiger partial charge in [0.15, 0.2) is 0 Å². The topological polar surface area (TPSA) is 73.7 Å². The van der Waals surface area contributed by atoms with Crippen LogP contribution in [0.4, 0.5) is 13.2 Å². The highest BCUT2D eigenvalue weighted by Gasteiger charge is 2.31. The summed E-state index contributed by atoms with van der Waals surface area (Å²) < 4.78 is 48.4. The Morgan fingerprint density at radius 3 is 2.51 bits per heavy atom. The Hall–Kier alpha value is -2.98. The molecule has 1 amide bonds. The second-order valence-electron chi connectivity index (χ2n) is 8.91. The molecule has 3 heterocycles. The van der Waals surface area contributed by atoms with Crippen LogP contribution in [0.5, 0.6) is 5.75 Å². The van der Waals surface area contributed by atoms with E-state index in [4.69, 9.17) is 27.9 Å². The average molecular weight is 558 g/mol. The molecule has 0 saturated carbocycles. The van der Waals surface area contributed by atoms with E-state index in [1.54, 1.807) is 22.6 Å². The zero-order valence-corrected chi connectivity index (χ0v) is 21.6. The molecule has 0 bridgehead atoms. The lowest BCUT2D eigenvalue weighted by Crippen LogP contribution is -2.39. The molecule has 0 N–H and O–H groups in total. The number of methoxy groups -OCH3 is 1. The van der Waals surface area contributed by atoms with Crippen LogP contribution < -0.4 is 4.74 Å². The number of esters is 1. The van der Waals surface area contributed by atoms with Gasteiger partial charge in [-0.25, -0.2) is 4.98 Å². The zero-order valence-electron chi connectivity index (χ0n) is 20.1. The predicted octanol–water partition coefficient (Wildman–Crippen LogP) is 5.78. The van der Waals surface area contributed by atoms with Crippen LogP contribution in [0.15, 0.2) is 30.5 Å². The maximum Gasteiger partial charge on any atom is 0.573 e. The summed E-state index contributed by atoms with van der Waals surface area (Å²) in [5, 5.41) is 1.01. The van der Waals surface area contributed by atoms with Crippen molar-refractivity contribution in [2.75, 3.05) is 20.2 Å². The highest BCUT2D eigenvalue weighted by atomic mass is 35.5. The van der Waals surface area contributed by atoms with E-state index in [0.29, 0.717) is 54.5 Å². The molecule has 198 valence electrons. The Balaban J connectivity index is 1.54. The van der Waals surface area contributed by atoms with Crippen molar-refractivity contribution < 1.29 is 32.2 Å². The van der Waals surface area contributed by atoms with E-state index in [1.807, 2.05) is 0 Å². The first-order chi connectivity index (χ1) is 17.5. The molecule has 0 aliphatic carbocycles. The van der Waals surface area contributed by atoms with E-state index >= 15 is 0 Å². The second kappa shape index (κ2) is 10.8. The molecule has 3 aromatic rings. The molecule has 0 spiro atoms. The number of hydrogen-bond donors (Lipinski definition) is 0. The number of aryl methyl sites for hydroxylation is 1. The largest absolute Gasteiger partial charge is 0.573 e. The van der Waals surface area contributed by atoms with Crippen LogP contribution in [-0.2, 0) is 23.0 Å². The number of rotatable bonds is 6. The van der Waals surface area contributed by atoms with Crippen molar-refractivity contribution >= 4 is 46.0 Å². The summed E-state index contributed by atoms with van der Waals surface area (Å²) in [6.45, 7) is 0.945. The van der Waals surface area contributed by atoms with Crippen molar-refractivity contribution in [2.45, 2.75) is 32.0 Å². The monoisotopic (exact) mass is 557 g/mol. The SMILES string of the molecule is COC(=O)CC1CCN(C(=O)c2cnc(Cl)c(Cc3cc4ccc(OC(F)(F)F)cc4n3C)c2Cl)CC1. The van der Waals surface area contributed by atoms with Crippen molar-refractivity contribution in [3.63, 3.8) is 0 Å². The average Bonchev–Trinajstić information content (AvgIpc) is 3.15. The number of halogens is 5. The first kappa shape index (κ1) is 27.1. The molecule has 1 aliphatic rings. The van der Waals surface area contributed by atoms with Crippen LogP contribution >= 0.6 is 23.2 Å². The van der Waals surface area contributed by atoms with Gasteiger partial charge in [-0.15, -0.1) is 13.2 Å². The number of benzene rings is 1. The summed E-state index contributed by atoms with van der Waals surface area (Å²) in [5.41, 5.74) is 1.89. The van der Waals surface area contributed by atoms with Crippen molar-refractivity contribution in [1.29, 1.82) is 0 Å². The Morgan fingerprint density at radius 2 is 1.86 bits per heavy atom. The van der Waals surface area contributed by atoms with Crippen molar-refractivity contribution in [3.8, 4) is 5.75 Å². The molecular weight excluding hydrogens is 534 g/mol. The number of hydrogen-bond acceptors (Lipinski definition) is 5. The minimum absolute atomic E-state index is 0.129. The van der Waals surface area contributed by atoms with E-state index in [-0.39, 0.29) is 45.7 Å². The lowest BCUT2D eigenvalue weighted by atomic mass is 9.93. The first-order valence-corrected chi connectivity index (χ1v) is 12.3. The number of ether oxygens (including phenoxy) is 2. The molecule has 1 fully saturated rings. The Morgan fingerprint density at radius 1 is 1.16 bits per heavy atom. The number of pyridine rings is 1. The molecule has 4 rings (SSSR count). The van der Waals surface area contributed by atoms with Crippen molar-refractivity contribution in [2.24, 2.45) is 13.0 Å². The number of likely N-dealkylation sites (tertiary alicyclic amines) is 1. The van der Waals surface area contributed by atoms with E-state index in [9.17, 15) is 22.8 Å². The molecule has 37 heavy (non-hydrogen) atoms. The molecule has 1 aromatic carbocycles. The van der Waals surface area contributed by atoms with E-state index in [1.165, 1.54) is 31.5 Å². The Kier molecular flexibility index (Phi) is 7.89. The van der Waals surface area contributed by atoms with Crippen molar-refractivity contribution in [3.05, 3.63) is 57.5 Å². The molecule has 7 nitrogen and oxygen atoms in total. The fourth-order valence-corrected chi connectivity index (χ4v) is 5.10. The molecule has 1 aliphatic heterocycles. The molecule has 2 aromatic heterocycles. The van der Waals surface area contributed by atoms with Gasteiger partial charge in [-0.2, -0.15) is 0 Å². The van der Waals surface area contributed by atoms with Gasteiger partial charge in [0.05, 0.1) is 23.2 Å². The summed E-state index contributed by atoms with van der Waals surface area (Å²) >= 11 is 13.0. The molecule has 0 unspecified atom stereocenters. The van der Waals surface area contributed by atoms with Crippen LogP contribution in [-0.4, -0.2) is 52.9 Å². The minimum Gasteiger partial charge on any atom is -0.469 e. The summed E-state index contributed by atoms with van der Waals surface area (Å²) in [5.74, 6) is -0.720. The van der Waals surface area contributed by atoms with E-state index < -0.39 is 6.36 Å². The lowest BCUT2D eigenvalue weighted by Gasteiger charge is -2.31. The number of carbonyl (C=O) groups is 2. The summed E-state index contributed by atoms with van der Waals surface area (Å²) in [7, 11) is 3.06. The summed E-state index contributed by atoms with van der Waals surface area (Å²) in [6, 6.07) is 5.89. The predicted molar refractivity (Wildman–Crippen MR) is 132 cm³/mol. The van der Waals surface area contributed by atoms with Gasteiger partial charge in [0.2, 0.25) is 0 Å². The fraction of sp³-hybridized carbons (Fsp3) is 0.400. The third-order valence-electron chi connectivity index (χ3n) is 6.58. The van der Waals surface area contributed by atoms with Crippen LogP contribution in [0.3, 0.4) is 0 Å². The lowest BCUT2D eigenvalue weighted by molar-refractivity contribution is -0.274. The quantitative estimate of drug-likeness (QED) is 0.283. The minimum atomic E-state index is -4.79. The Labute approximate surface area is 221 Å². The van der Waals surface area contributed by atoms with Gasteiger partial charge >= 0.3 is 12.3 Å². The fourth-order valence-electron chi connectivity index (χ4n) is 4.55. The standard InChI is InChI=1S/C25H24Cl2F3N3O4/c1-32-16(10-15-3-4-17(12-20(15)32)37-25(28,29)30)11-18-22(26)19(13-31-23(18)27)24(35)33-7-5-14(6-8-33)9-21(34)36-2/h3-4,10,12-14H,5-9,11H2,1-2H3. The normalized spacial score (nSPS) is 14.7. The van der Waals surface area contributed by atoms with Crippen LogP contribution in [0, 0.1) is 5.92 Å². The number of aromatic nitrogens is 2. The number of alkyl halides is 3. The van der Waals surface area contributed by atoms with E-state index in [0.717, 1.165) is 0 Å². The number of nitrogens with zero attached hydrogens (tertiary/aromatic N) is 3. The van der Waals surface area contributed by atoms with Crippen LogP contribution in [0.2, 0.25) is 10.2 Å². The van der Waals surface area contributed by atoms with Gasteiger partial charge in [-0.05, 0) is 37.0 Å². The number of fused-ring (bicyclic) bond motifs is 1. The van der Waals surface area contributed by atoms with E-state index in [2.05, 4.69) is 9.72 Å². The third kappa shape index (κ3) is 6.13. The molecule has 12 heteroatoms. The maximum atomic E-state index is 13.2. The smallest absolute Gasteiger partial charge is 0.469 e. The zero-order chi connectivity index (χ0) is 26.9. The van der Waals surface area contributed by atoms with Gasteiger partial charge in [0.25, 0.3) is 5.91 Å². The first-order valence-electron chi connectivity index (χ1n) is 11.5. The summed E-state index contributed by atoms with van der Waals surface area (Å²) in [4.78, 5) is 30.6. The van der Waals surface area contributed by atoms with Gasteiger partial charge in [0, 0.05) is 61.9 Å². The molecule has 1 saturated heterocycles.